The van der Waals surface area contributed by atoms with E-state index < -0.39 is 0 Å². The van der Waals surface area contributed by atoms with Crippen molar-refractivity contribution in [2.24, 2.45) is 11.3 Å². The molecule has 0 N–H and O–H groups in total. The molecule has 1 saturated carbocycles. The van der Waals surface area contributed by atoms with Crippen molar-refractivity contribution in [3.05, 3.63) is 46.0 Å². The van der Waals surface area contributed by atoms with Crippen LogP contribution in [-0.4, -0.2) is 27.4 Å². The van der Waals surface area contributed by atoms with E-state index in [1.807, 2.05) is 25.1 Å². The van der Waals surface area contributed by atoms with Gasteiger partial charge in [0.25, 0.3) is 5.56 Å². The van der Waals surface area contributed by atoms with E-state index in [2.05, 4.69) is 16.8 Å². The van der Waals surface area contributed by atoms with Crippen molar-refractivity contribution in [3.8, 4) is 0 Å². The average molecular weight is 283 g/mol. The summed E-state index contributed by atoms with van der Waals surface area (Å²) in [5.74, 6) is 0.881. The molecular formula is C17H21N3O. The van der Waals surface area contributed by atoms with Gasteiger partial charge in [-0.1, -0.05) is 13.0 Å². The predicted molar refractivity (Wildman–Crippen MR) is 82.3 cm³/mol. The molecule has 0 aromatic carbocycles. The maximum Gasteiger partial charge on any atom is 0.258 e. The van der Waals surface area contributed by atoms with Crippen LogP contribution in [0.3, 0.4) is 0 Å². The van der Waals surface area contributed by atoms with Crippen molar-refractivity contribution in [3.63, 3.8) is 0 Å². The van der Waals surface area contributed by atoms with Crippen molar-refractivity contribution in [1.29, 1.82) is 0 Å². The van der Waals surface area contributed by atoms with Gasteiger partial charge in [0.15, 0.2) is 0 Å². The van der Waals surface area contributed by atoms with Crippen LogP contribution in [0.1, 0.15) is 31.2 Å². The van der Waals surface area contributed by atoms with Crippen molar-refractivity contribution >= 4 is 5.65 Å². The molecule has 21 heavy (non-hydrogen) atoms. The van der Waals surface area contributed by atoms with Crippen LogP contribution in [0.2, 0.25) is 0 Å². The van der Waals surface area contributed by atoms with Gasteiger partial charge in [-0.25, -0.2) is 4.98 Å². The lowest BCUT2D eigenvalue weighted by molar-refractivity contribution is 0.267. The van der Waals surface area contributed by atoms with Crippen LogP contribution < -0.4 is 5.56 Å². The number of fused-ring (bicyclic) bond motifs is 2. The van der Waals surface area contributed by atoms with Crippen LogP contribution in [0.5, 0.6) is 0 Å². The van der Waals surface area contributed by atoms with Gasteiger partial charge in [0.1, 0.15) is 5.65 Å². The van der Waals surface area contributed by atoms with Crippen molar-refractivity contribution < 1.29 is 0 Å². The smallest absolute Gasteiger partial charge is 0.258 e. The van der Waals surface area contributed by atoms with Gasteiger partial charge in [-0.05, 0) is 43.2 Å². The van der Waals surface area contributed by atoms with E-state index in [0.717, 1.165) is 29.5 Å². The van der Waals surface area contributed by atoms with E-state index in [1.54, 1.807) is 10.5 Å². The Hall–Kier alpha value is -1.68. The highest BCUT2D eigenvalue weighted by Gasteiger charge is 2.57. The maximum absolute atomic E-state index is 12.3. The normalized spacial score (nSPS) is 28.0. The average Bonchev–Trinajstić information content (AvgIpc) is 3.01. The molecular weight excluding hydrogens is 262 g/mol. The molecule has 2 aromatic heterocycles. The molecule has 2 atom stereocenters. The van der Waals surface area contributed by atoms with Gasteiger partial charge in [0, 0.05) is 31.4 Å². The monoisotopic (exact) mass is 283 g/mol. The van der Waals surface area contributed by atoms with Gasteiger partial charge < -0.3 is 0 Å². The van der Waals surface area contributed by atoms with Crippen LogP contribution in [0.4, 0.5) is 0 Å². The Balaban J connectivity index is 1.62. The zero-order valence-electron chi connectivity index (χ0n) is 12.7. The van der Waals surface area contributed by atoms with E-state index in [4.69, 9.17) is 0 Å². The second kappa shape index (κ2) is 4.41. The zero-order valence-corrected chi connectivity index (χ0v) is 12.7. The topological polar surface area (TPSA) is 37.6 Å². The number of nitrogens with zero attached hydrogens (tertiary/aromatic N) is 3. The Morgan fingerprint density at radius 2 is 2.29 bits per heavy atom. The largest absolute Gasteiger partial charge is 0.297 e. The Kier molecular flexibility index (Phi) is 2.73. The fourth-order valence-corrected chi connectivity index (χ4v) is 4.04. The molecule has 2 fully saturated rings. The van der Waals surface area contributed by atoms with Crippen LogP contribution in [0.25, 0.3) is 5.65 Å². The maximum atomic E-state index is 12.3. The first-order chi connectivity index (χ1) is 10.1. The highest BCUT2D eigenvalue weighted by Crippen LogP contribution is 2.59. The second-order valence-corrected chi connectivity index (χ2v) is 6.73. The van der Waals surface area contributed by atoms with Gasteiger partial charge in [0.05, 0.1) is 5.69 Å². The Labute approximate surface area is 124 Å². The fourth-order valence-electron chi connectivity index (χ4n) is 4.04. The first kappa shape index (κ1) is 13.0. The summed E-state index contributed by atoms with van der Waals surface area (Å²) in [5.41, 5.74) is 3.21. The third-order valence-electron chi connectivity index (χ3n) is 5.40. The van der Waals surface area contributed by atoms with E-state index in [1.165, 1.54) is 25.9 Å². The number of likely N-dealkylation sites (tertiary alicyclic amines) is 1. The molecule has 4 nitrogen and oxygen atoms in total. The zero-order chi connectivity index (χ0) is 14.6. The van der Waals surface area contributed by atoms with Gasteiger partial charge in [0.2, 0.25) is 0 Å². The molecule has 0 amide bonds. The minimum absolute atomic E-state index is 0.0302. The van der Waals surface area contributed by atoms with Crippen LogP contribution in [0.15, 0.2) is 29.1 Å². The van der Waals surface area contributed by atoms with Gasteiger partial charge in [-0.15, -0.1) is 0 Å². The molecule has 0 radical (unpaired) electrons. The first-order valence-corrected chi connectivity index (χ1v) is 7.82. The molecule has 0 spiro atoms. The Morgan fingerprint density at radius 3 is 3.05 bits per heavy atom. The highest BCUT2D eigenvalue weighted by molar-refractivity contribution is 5.40. The third kappa shape index (κ3) is 2.01. The summed E-state index contributed by atoms with van der Waals surface area (Å²) in [6.45, 7) is 7.38. The molecule has 4 rings (SSSR count). The van der Waals surface area contributed by atoms with E-state index in [9.17, 15) is 4.79 Å². The first-order valence-electron chi connectivity index (χ1n) is 7.82. The number of rotatable bonds is 3. The van der Waals surface area contributed by atoms with Gasteiger partial charge in [-0.2, -0.15) is 0 Å². The molecule has 0 bridgehead atoms. The third-order valence-corrected chi connectivity index (χ3v) is 5.40. The lowest BCUT2D eigenvalue weighted by atomic mass is 10.0. The van der Waals surface area contributed by atoms with E-state index >= 15 is 0 Å². The minimum Gasteiger partial charge on any atom is -0.297 e. The number of pyridine rings is 1. The van der Waals surface area contributed by atoms with Crippen molar-refractivity contribution in [1.82, 2.24) is 14.3 Å². The van der Waals surface area contributed by atoms with Gasteiger partial charge >= 0.3 is 0 Å². The molecule has 4 heteroatoms. The summed E-state index contributed by atoms with van der Waals surface area (Å²) < 4.78 is 1.68. The Bertz CT molecular complexity index is 762. The number of hydrogen-bond donors (Lipinski definition) is 0. The molecule has 1 aliphatic carbocycles. The molecule has 110 valence electrons. The molecule has 1 saturated heterocycles. The summed E-state index contributed by atoms with van der Waals surface area (Å²) in [6, 6.07) is 7.50. The Morgan fingerprint density at radius 1 is 1.43 bits per heavy atom. The van der Waals surface area contributed by atoms with Gasteiger partial charge in [-0.3, -0.25) is 14.1 Å². The van der Waals surface area contributed by atoms with Crippen molar-refractivity contribution in [2.45, 2.75) is 33.2 Å². The summed E-state index contributed by atoms with van der Waals surface area (Å²) in [4.78, 5) is 19.4. The number of aryl methyl sites for hydroxylation is 1. The van der Waals surface area contributed by atoms with E-state index in [0.29, 0.717) is 5.41 Å². The summed E-state index contributed by atoms with van der Waals surface area (Å²) in [6.07, 6.45) is 2.67. The number of aromatic nitrogens is 2. The number of hydrogen-bond acceptors (Lipinski definition) is 3. The number of piperidine rings is 1. The molecule has 2 unspecified atom stereocenters. The lowest BCUT2D eigenvalue weighted by Crippen LogP contribution is -2.26. The van der Waals surface area contributed by atoms with Crippen LogP contribution in [0, 0.1) is 18.3 Å². The second-order valence-electron chi connectivity index (χ2n) is 6.73. The SMILES string of the molecule is CCC12CC1CN(Cc1cc(=O)n3c(C)cccc3n1)C2. The highest BCUT2D eigenvalue weighted by atomic mass is 16.1. The molecule has 2 aliphatic rings. The van der Waals surface area contributed by atoms with E-state index in [-0.39, 0.29) is 5.56 Å². The summed E-state index contributed by atoms with van der Waals surface area (Å²) in [5, 5.41) is 0. The minimum atomic E-state index is 0.0302. The summed E-state index contributed by atoms with van der Waals surface area (Å²) in [7, 11) is 0. The fraction of sp³-hybridized carbons (Fsp3) is 0.529. The van der Waals surface area contributed by atoms with Crippen LogP contribution >= 0.6 is 0 Å². The standard InChI is InChI=1S/C17H21N3O/c1-3-17-8-13(17)9-19(11-17)10-14-7-16(21)20-12(2)5-4-6-15(20)18-14/h4-7,13H,3,8-11H2,1-2H3. The van der Waals surface area contributed by atoms with Crippen LogP contribution in [-0.2, 0) is 6.54 Å². The predicted octanol–water partition coefficient (Wildman–Crippen LogP) is 2.23. The lowest BCUT2D eigenvalue weighted by Gasteiger charge is -2.19. The molecule has 1 aliphatic heterocycles. The quantitative estimate of drug-likeness (QED) is 0.867. The molecule has 3 heterocycles. The molecule has 2 aromatic rings. The summed E-state index contributed by atoms with van der Waals surface area (Å²) >= 11 is 0. The van der Waals surface area contributed by atoms with Crippen molar-refractivity contribution in [2.75, 3.05) is 13.1 Å².